The highest BCUT2D eigenvalue weighted by atomic mass is 16.7. The summed E-state index contributed by atoms with van der Waals surface area (Å²) in [4.78, 5) is 0. The van der Waals surface area contributed by atoms with Gasteiger partial charge in [-0.05, 0) is 27.7 Å². The molecular formula is C13H24O3. The molecule has 0 bridgehead atoms. The maximum absolute atomic E-state index is 6.05. The highest BCUT2D eigenvalue weighted by Gasteiger charge is 2.61. The highest BCUT2D eigenvalue weighted by Crippen LogP contribution is 2.50. The second-order valence-electron chi connectivity index (χ2n) is 7.04. The van der Waals surface area contributed by atoms with Gasteiger partial charge in [0.25, 0.3) is 0 Å². The van der Waals surface area contributed by atoms with Gasteiger partial charge in [0.15, 0.2) is 5.79 Å². The summed E-state index contributed by atoms with van der Waals surface area (Å²) in [7, 11) is 0. The van der Waals surface area contributed by atoms with Gasteiger partial charge in [-0.25, -0.2) is 0 Å². The van der Waals surface area contributed by atoms with E-state index in [-0.39, 0.29) is 16.6 Å². The Balaban J connectivity index is 2.21. The molecule has 0 radical (unpaired) electrons. The zero-order valence-electron chi connectivity index (χ0n) is 11.3. The van der Waals surface area contributed by atoms with Crippen LogP contribution in [0, 0.1) is 5.41 Å². The van der Waals surface area contributed by atoms with Crippen molar-refractivity contribution in [1.29, 1.82) is 0 Å². The van der Waals surface area contributed by atoms with Crippen LogP contribution in [0.5, 0.6) is 0 Å². The van der Waals surface area contributed by atoms with Gasteiger partial charge < -0.3 is 14.2 Å². The molecule has 2 saturated heterocycles. The molecule has 0 aromatic rings. The molecule has 3 nitrogen and oxygen atoms in total. The van der Waals surface area contributed by atoms with Crippen molar-refractivity contribution in [2.24, 2.45) is 5.41 Å². The Morgan fingerprint density at radius 1 is 0.812 bits per heavy atom. The average Bonchev–Trinajstić information content (AvgIpc) is 2.24. The Bertz CT molecular complexity index is 282. The number of ether oxygens (including phenoxy) is 3. The lowest BCUT2D eigenvalue weighted by Gasteiger charge is -2.46. The van der Waals surface area contributed by atoms with E-state index >= 15 is 0 Å². The highest BCUT2D eigenvalue weighted by molar-refractivity contribution is 5.03. The Morgan fingerprint density at radius 2 is 1.31 bits per heavy atom. The van der Waals surface area contributed by atoms with Crippen LogP contribution < -0.4 is 0 Å². The molecule has 1 spiro atoms. The fraction of sp³-hybridized carbons (Fsp3) is 1.00. The zero-order chi connectivity index (χ0) is 12.2. The van der Waals surface area contributed by atoms with E-state index in [1.54, 1.807) is 0 Å². The second-order valence-corrected chi connectivity index (χ2v) is 7.04. The van der Waals surface area contributed by atoms with Crippen molar-refractivity contribution in [3.8, 4) is 0 Å². The molecule has 3 heteroatoms. The van der Waals surface area contributed by atoms with E-state index in [9.17, 15) is 0 Å². The van der Waals surface area contributed by atoms with Crippen LogP contribution in [0.25, 0.3) is 0 Å². The minimum Gasteiger partial charge on any atom is -0.364 e. The maximum Gasteiger partial charge on any atom is 0.199 e. The number of hydrogen-bond acceptors (Lipinski definition) is 3. The molecular weight excluding hydrogens is 204 g/mol. The fourth-order valence-corrected chi connectivity index (χ4v) is 2.73. The van der Waals surface area contributed by atoms with Crippen LogP contribution in [-0.4, -0.2) is 30.2 Å². The first kappa shape index (κ1) is 12.3. The molecule has 0 saturated carbocycles. The van der Waals surface area contributed by atoms with Crippen LogP contribution in [0.2, 0.25) is 0 Å². The molecule has 2 heterocycles. The summed E-state index contributed by atoms with van der Waals surface area (Å²) < 4.78 is 18.1. The van der Waals surface area contributed by atoms with E-state index in [0.717, 1.165) is 19.6 Å². The van der Waals surface area contributed by atoms with Crippen molar-refractivity contribution in [2.45, 2.75) is 65.0 Å². The molecule has 0 aliphatic carbocycles. The third-order valence-electron chi connectivity index (χ3n) is 3.50. The van der Waals surface area contributed by atoms with Gasteiger partial charge in [0, 0.05) is 11.8 Å². The summed E-state index contributed by atoms with van der Waals surface area (Å²) in [6.45, 7) is 14.1. The maximum atomic E-state index is 6.05. The monoisotopic (exact) mass is 228 g/mol. The van der Waals surface area contributed by atoms with Crippen molar-refractivity contribution >= 4 is 0 Å². The Kier molecular flexibility index (Phi) is 2.48. The number of hydrogen-bond donors (Lipinski definition) is 0. The zero-order valence-corrected chi connectivity index (χ0v) is 11.3. The molecule has 2 fully saturated rings. The van der Waals surface area contributed by atoms with Gasteiger partial charge in [-0.3, -0.25) is 0 Å². The molecule has 2 aliphatic rings. The first-order chi connectivity index (χ1) is 7.08. The molecule has 0 unspecified atom stereocenters. The predicted octanol–water partition coefficient (Wildman–Crippen LogP) is 2.73. The predicted molar refractivity (Wildman–Crippen MR) is 62.3 cm³/mol. The first-order valence-corrected chi connectivity index (χ1v) is 6.06. The van der Waals surface area contributed by atoms with Crippen molar-refractivity contribution < 1.29 is 14.2 Å². The normalized spacial score (nSPS) is 34.1. The smallest absolute Gasteiger partial charge is 0.199 e. The molecule has 0 aromatic carbocycles. The third kappa shape index (κ3) is 1.89. The van der Waals surface area contributed by atoms with Gasteiger partial charge in [0.05, 0.1) is 18.8 Å². The van der Waals surface area contributed by atoms with E-state index in [1.807, 2.05) is 0 Å². The van der Waals surface area contributed by atoms with Gasteiger partial charge in [0.2, 0.25) is 0 Å². The molecule has 0 amide bonds. The molecule has 2 aliphatic heterocycles. The largest absolute Gasteiger partial charge is 0.364 e. The lowest BCUT2D eigenvalue weighted by molar-refractivity contribution is -0.335. The molecule has 94 valence electrons. The summed E-state index contributed by atoms with van der Waals surface area (Å²) in [6.07, 6.45) is 0.795. The van der Waals surface area contributed by atoms with E-state index in [0.29, 0.717) is 0 Å². The summed E-state index contributed by atoms with van der Waals surface area (Å²) >= 11 is 0. The Hall–Kier alpha value is -0.120. The van der Waals surface area contributed by atoms with Gasteiger partial charge >= 0.3 is 0 Å². The van der Waals surface area contributed by atoms with Gasteiger partial charge in [-0.1, -0.05) is 13.8 Å². The Morgan fingerprint density at radius 3 is 1.69 bits per heavy atom. The SMILES string of the molecule is CC1(C)COC2(CC(C)(C)OC2(C)C)OC1. The van der Waals surface area contributed by atoms with E-state index in [4.69, 9.17) is 14.2 Å². The average molecular weight is 228 g/mol. The van der Waals surface area contributed by atoms with Gasteiger partial charge in [-0.2, -0.15) is 0 Å². The molecule has 16 heavy (non-hydrogen) atoms. The topological polar surface area (TPSA) is 27.7 Å². The molecule has 0 aromatic heterocycles. The quantitative estimate of drug-likeness (QED) is 0.638. The van der Waals surface area contributed by atoms with E-state index in [2.05, 4.69) is 41.5 Å². The summed E-state index contributed by atoms with van der Waals surface area (Å²) in [5.74, 6) is -0.563. The van der Waals surface area contributed by atoms with Crippen molar-refractivity contribution in [2.75, 3.05) is 13.2 Å². The first-order valence-electron chi connectivity index (χ1n) is 6.06. The summed E-state index contributed by atoms with van der Waals surface area (Å²) in [5.41, 5.74) is -0.452. The second kappa shape index (κ2) is 3.21. The van der Waals surface area contributed by atoms with Gasteiger partial charge in [0.1, 0.15) is 5.60 Å². The van der Waals surface area contributed by atoms with Crippen LogP contribution in [0.1, 0.15) is 48.0 Å². The van der Waals surface area contributed by atoms with Crippen LogP contribution in [-0.2, 0) is 14.2 Å². The number of rotatable bonds is 0. The van der Waals surface area contributed by atoms with Crippen LogP contribution in [0.15, 0.2) is 0 Å². The summed E-state index contributed by atoms with van der Waals surface area (Å²) in [6, 6.07) is 0. The third-order valence-corrected chi connectivity index (χ3v) is 3.50. The standard InChI is InChI=1S/C13H24O3/c1-10(2)8-14-13(15-9-10)7-11(3,4)16-12(13,5)6/h7-9H2,1-6H3. The minimum absolute atomic E-state index is 0.105. The lowest BCUT2D eigenvalue weighted by atomic mass is 9.88. The molecule has 0 atom stereocenters. The van der Waals surface area contributed by atoms with Crippen LogP contribution >= 0.6 is 0 Å². The van der Waals surface area contributed by atoms with Crippen molar-refractivity contribution in [3.63, 3.8) is 0 Å². The van der Waals surface area contributed by atoms with E-state index < -0.39 is 5.79 Å². The van der Waals surface area contributed by atoms with Crippen LogP contribution in [0.4, 0.5) is 0 Å². The van der Waals surface area contributed by atoms with Crippen molar-refractivity contribution in [1.82, 2.24) is 0 Å². The van der Waals surface area contributed by atoms with Crippen molar-refractivity contribution in [3.05, 3.63) is 0 Å². The lowest BCUT2D eigenvalue weighted by Crippen LogP contribution is -2.56. The van der Waals surface area contributed by atoms with Gasteiger partial charge in [-0.15, -0.1) is 0 Å². The summed E-state index contributed by atoms with van der Waals surface area (Å²) in [5, 5.41) is 0. The van der Waals surface area contributed by atoms with E-state index in [1.165, 1.54) is 0 Å². The Labute approximate surface area is 98.4 Å². The molecule has 0 N–H and O–H groups in total. The fourth-order valence-electron chi connectivity index (χ4n) is 2.73. The molecule has 2 rings (SSSR count). The minimum atomic E-state index is -0.563. The van der Waals surface area contributed by atoms with Crippen LogP contribution in [0.3, 0.4) is 0 Å².